The molecule has 0 radical (unpaired) electrons. The van der Waals surface area contributed by atoms with Crippen molar-refractivity contribution in [3.05, 3.63) is 105 Å². The summed E-state index contributed by atoms with van der Waals surface area (Å²) in [4.78, 5) is 25.2. The van der Waals surface area contributed by atoms with Crippen molar-refractivity contribution in [2.24, 2.45) is 0 Å². The number of benzene rings is 3. The molecule has 0 aromatic heterocycles. The Balaban J connectivity index is 1.69. The van der Waals surface area contributed by atoms with Gasteiger partial charge in [-0.25, -0.2) is 0 Å². The summed E-state index contributed by atoms with van der Waals surface area (Å²) >= 11 is 0. The molecule has 0 aliphatic rings. The molecule has 0 saturated carbocycles. The van der Waals surface area contributed by atoms with E-state index in [1.54, 1.807) is 20.3 Å². The molecule has 0 fully saturated rings. The van der Waals surface area contributed by atoms with E-state index in [4.69, 9.17) is 9.47 Å². The molecule has 7 heteroatoms. The highest BCUT2D eigenvalue weighted by molar-refractivity contribution is 5.74. The van der Waals surface area contributed by atoms with Gasteiger partial charge in [0.1, 0.15) is 11.4 Å². The van der Waals surface area contributed by atoms with Crippen LogP contribution in [0.25, 0.3) is 0 Å². The second-order valence-corrected chi connectivity index (χ2v) is 7.50. The van der Waals surface area contributed by atoms with Crippen LogP contribution in [0.5, 0.6) is 11.5 Å². The summed E-state index contributed by atoms with van der Waals surface area (Å²) in [5.74, 6) is 0.206. The number of rotatable bonds is 9. The predicted molar refractivity (Wildman–Crippen MR) is 129 cm³/mol. The van der Waals surface area contributed by atoms with Gasteiger partial charge >= 0.3 is 0 Å². The Bertz CT molecular complexity index is 1290. The number of hydrogen-bond acceptors (Lipinski definition) is 7. The summed E-state index contributed by atoms with van der Waals surface area (Å²) in [5.41, 5.74) is 1.67. The van der Waals surface area contributed by atoms with E-state index in [0.717, 1.165) is 22.7 Å². The van der Waals surface area contributed by atoms with E-state index in [1.807, 2.05) is 72.8 Å². The predicted octanol–water partition coefficient (Wildman–Crippen LogP) is 4.27. The third-order valence-electron chi connectivity index (χ3n) is 5.50. The van der Waals surface area contributed by atoms with E-state index in [1.165, 1.54) is 0 Å². The molecule has 2 N–H and O–H groups in total. The van der Waals surface area contributed by atoms with Gasteiger partial charge < -0.3 is 24.8 Å². The van der Waals surface area contributed by atoms with E-state index in [2.05, 4.69) is 10.2 Å². The molecule has 7 nitrogen and oxygen atoms in total. The molecular formula is C26H24N2O5. The lowest BCUT2D eigenvalue weighted by molar-refractivity contribution is 0.110. The smallest absolute Gasteiger partial charge is 0.271 e. The standard InChI is InChI=1S/C26H24N2O5/c1-32-21-13-11-19(12-14-21)28(16-22(33-2)17-7-4-3-5-8-17)20-10-6-9-18(15-20)27-23-24(29)26(31)25(23)30/h3-15,22,27,29H,16H2,1-2H3. The number of methoxy groups -OCH3 is 2. The fourth-order valence-electron chi connectivity index (χ4n) is 3.66. The molecule has 4 aromatic carbocycles. The first-order valence-corrected chi connectivity index (χ1v) is 10.4. The highest BCUT2D eigenvalue weighted by Gasteiger charge is 2.21. The van der Waals surface area contributed by atoms with Gasteiger partial charge in [-0.05, 0) is 48.0 Å². The molecule has 1 unspecified atom stereocenters. The first kappa shape index (κ1) is 22.1. The summed E-state index contributed by atoms with van der Waals surface area (Å²) in [5, 5.41) is 12.6. The zero-order valence-electron chi connectivity index (χ0n) is 18.3. The average molecular weight is 444 g/mol. The number of anilines is 4. The molecule has 1 atom stereocenters. The number of nitrogens with zero attached hydrogens (tertiary/aromatic N) is 1. The molecule has 4 rings (SSSR count). The molecule has 0 amide bonds. The number of ether oxygens (including phenoxy) is 2. The second kappa shape index (κ2) is 9.58. The molecule has 0 spiro atoms. The minimum Gasteiger partial charge on any atom is -0.502 e. The number of aromatic hydroxyl groups is 1. The molecule has 168 valence electrons. The van der Waals surface area contributed by atoms with E-state index in [-0.39, 0.29) is 11.8 Å². The van der Waals surface area contributed by atoms with Gasteiger partial charge in [-0.15, -0.1) is 0 Å². The fraction of sp³-hybridized carbons (Fsp3) is 0.154. The quantitative estimate of drug-likeness (QED) is 0.373. The maximum Gasteiger partial charge on any atom is 0.271 e. The van der Waals surface area contributed by atoms with Crippen molar-refractivity contribution in [1.29, 1.82) is 0 Å². The van der Waals surface area contributed by atoms with E-state index in [9.17, 15) is 14.7 Å². The zero-order chi connectivity index (χ0) is 23.4. The van der Waals surface area contributed by atoms with Crippen LogP contribution in [0.2, 0.25) is 0 Å². The Labute approximate surface area is 191 Å². The highest BCUT2D eigenvalue weighted by atomic mass is 16.5. The van der Waals surface area contributed by atoms with Crippen molar-refractivity contribution < 1.29 is 14.6 Å². The van der Waals surface area contributed by atoms with Gasteiger partial charge in [-0.2, -0.15) is 0 Å². The molecule has 33 heavy (non-hydrogen) atoms. The van der Waals surface area contributed by atoms with Crippen LogP contribution >= 0.6 is 0 Å². The van der Waals surface area contributed by atoms with Crippen LogP contribution in [0.1, 0.15) is 11.7 Å². The van der Waals surface area contributed by atoms with Gasteiger partial charge in [0.15, 0.2) is 5.75 Å². The molecule has 0 aliphatic heterocycles. The minimum atomic E-state index is -0.876. The van der Waals surface area contributed by atoms with Crippen molar-refractivity contribution in [3.63, 3.8) is 0 Å². The van der Waals surface area contributed by atoms with Crippen molar-refractivity contribution in [1.82, 2.24) is 0 Å². The van der Waals surface area contributed by atoms with Gasteiger partial charge in [0.25, 0.3) is 10.9 Å². The summed E-state index contributed by atoms with van der Waals surface area (Å²) < 4.78 is 11.1. The number of nitrogens with one attached hydrogen (secondary N) is 1. The molecule has 4 aromatic rings. The van der Waals surface area contributed by atoms with Crippen LogP contribution in [0.15, 0.2) is 88.5 Å². The van der Waals surface area contributed by atoms with Crippen molar-refractivity contribution in [2.75, 3.05) is 31.0 Å². The Hall–Kier alpha value is -4.10. The summed E-state index contributed by atoms with van der Waals surface area (Å²) in [6.07, 6.45) is -0.206. The molecule has 0 saturated heterocycles. The lowest BCUT2D eigenvalue weighted by Crippen LogP contribution is -2.32. The summed E-state index contributed by atoms with van der Waals surface area (Å²) in [6, 6.07) is 25.0. The van der Waals surface area contributed by atoms with Gasteiger partial charge in [-0.3, -0.25) is 9.59 Å². The molecule has 0 aliphatic carbocycles. The van der Waals surface area contributed by atoms with Crippen LogP contribution in [0, 0.1) is 0 Å². The Morgan fingerprint density at radius 2 is 1.61 bits per heavy atom. The zero-order valence-corrected chi connectivity index (χ0v) is 18.3. The van der Waals surface area contributed by atoms with Crippen molar-refractivity contribution in [2.45, 2.75) is 6.10 Å². The first-order valence-electron chi connectivity index (χ1n) is 10.4. The van der Waals surface area contributed by atoms with Gasteiger partial charge in [0.2, 0.25) is 0 Å². The highest BCUT2D eigenvalue weighted by Crippen LogP contribution is 2.33. The minimum absolute atomic E-state index is 0.0906. The summed E-state index contributed by atoms with van der Waals surface area (Å²) in [7, 11) is 3.30. The second-order valence-electron chi connectivity index (χ2n) is 7.50. The van der Waals surface area contributed by atoms with Gasteiger partial charge in [0, 0.05) is 24.2 Å². The van der Waals surface area contributed by atoms with Crippen molar-refractivity contribution in [3.8, 4) is 11.5 Å². The van der Waals surface area contributed by atoms with E-state index in [0.29, 0.717) is 12.2 Å². The average Bonchev–Trinajstić information content (AvgIpc) is 2.88. The SMILES string of the molecule is COc1ccc(N(CC(OC)c2ccccc2)c2cccc(Nc3c(O)c(=O)c3=O)c2)cc1. The Kier molecular flexibility index (Phi) is 6.42. The largest absolute Gasteiger partial charge is 0.502 e. The van der Waals surface area contributed by atoms with Crippen LogP contribution in [-0.4, -0.2) is 25.9 Å². The number of hydrogen-bond donors (Lipinski definition) is 2. The fourth-order valence-corrected chi connectivity index (χ4v) is 3.66. The Morgan fingerprint density at radius 3 is 2.24 bits per heavy atom. The van der Waals surface area contributed by atoms with Gasteiger partial charge in [0.05, 0.1) is 19.8 Å². The maximum absolute atomic E-state index is 11.7. The van der Waals surface area contributed by atoms with Crippen LogP contribution in [-0.2, 0) is 4.74 Å². The van der Waals surface area contributed by atoms with Crippen molar-refractivity contribution >= 4 is 22.7 Å². The third-order valence-corrected chi connectivity index (χ3v) is 5.50. The monoisotopic (exact) mass is 444 g/mol. The summed E-state index contributed by atoms with van der Waals surface area (Å²) in [6.45, 7) is 0.516. The molecular weight excluding hydrogens is 420 g/mol. The lowest BCUT2D eigenvalue weighted by atomic mass is 10.1. The van der Waals surface area contributed by atoms with E-state index >= 15 is 0 Å². The van der Waals surface area contributed by atoms with Gasteiger partial charge in [-0.1, -0.05) is 36.4 Å². The first-order chi connectivity index (χ1) is 16.0. The maximum atomic E-state index is 11.7. The lowest BCUT2D eigenvalue weighted by Gasteiger charge is -2.30. The third kappa shape index (κ3) is 4.58. The molecule has 0 heterocycles. The molecule has 0 bridgehead atoms. The normalized spacial score (nSPS) is 11.8. The topological polar surface area (TPSA) is 88.1 Å². The van der Waals surface area contributed by atoms with E-state index < -0.39 is 16.6 Å². The van der Waals surface area contributed by atoms with Crippen LogP contribution in [0.3, 0.4) is 0 Å². The van der Waals surface area contributed by atoms with Crippen LogP contribution in [0.4, 0.5) is 22.7 Å². The van der Waals surface area contributed by atoms with Crippen LogP contribution < -0.4 is 25.8 Å². The Morgan fingerprint density at radius 1 is 0.879 bits per heavy atom.